The van der Waals surface area contributed by atoms with Crippen LogP contribution in [-0.2, 0) is 11.1 Å². The van der Waals surface area contributed by atoms with Crippen molar-refractivity contribution < 1.29 is 35.5 Å². The van der Waals surface area contributed by atoms with Crippen molar-refractivity contribution in [3.63, 3.8) is 0 Å². The van der Waals surface area contributed by atoms with E-state index in [4.69, 9.17) is 13.6 Å². The van der Waals surface area contributed by atoms with Crippen LogP contribution in [0.4, 0.5) is 22.0 Å². The number of para-hydroxylation sites is 1. The lowest BCUT2D eigenvalue weighted by molar-refractivity contribution is 0.225. The van der Waals surface area contributed by atoms with Gasteiger partial charge in [0.1, 0.15) is 5.75 Å². The van der Waals surface area contributed by atoms with Gasteiger partial charge in [0.25, 0.3) is 0 Å². The quantitative estimate of drug-likeness (QED) is 0.299. The Bertz CT molecular complexity index is 712. The molecule has 0 N–H and O–H groups in total. The van der Waals surface area contributed by atoms with Gasteiger partial charge in [-0.2, -0.15) is 8.78 Å². The first-order valence-corrected chi connectivity index (χ1v) is 7.97. The molecule has 24 heavy (non-hydrogen) atoms. The first-order valence-electron chi connectivity index (χ1n) is 6.87. The summed E-state index contributed by atoms with van der Waals surface area (Å²) in [6.45, 7) is 4.03. The average Bonchev–Trinajstić information content (AvgIpc) is 2.63. The highest BCUT2D eigenvalue weighted by Crippen LogP contribution is 2.48. The highest BCUT2D eigenvalue weighted by molar-refractivity contribution is 7.42. The van der Waals surface area contributed by atoms with Crippen LogP contribution < -0.4 is 9.05 Å². The summed E-state index contributed by atoms with van der Waals surface area (Å²) < 4.78 is 81.1. The summed E-state index contributed by atoms with van der Waals surface area (Å²) in [5.41, 5.74) is 0.669. The lowest BCUT2D eigenvalue weighted by Crippen LogP contribution is -2.10. The van der Waals surface area contributed by atoms with Crippen molar-refractivity contribution in [3.8, 4) is 11.5 Å². The molecule has 1 unspecified atom stereocenters. The minimum Gasteiger partial charge on any atom is -0.417 e. The fourth-order valence-electron chi connectivity index (χ4n) is 1.73. The molecule has 0 bridgehead atoms. The van der Waals surface area contributed by atoms with E-state index in [0.29, 0.717) is 11.3 Å². The zero-order valence-electron chi connectivity index (χ0n) is 12.6. The van der Waals surface area contributed by atoms with Crippen molar-refractivity contribution >= 4 is 8.60 Å². The van der Waals surface area contributed by atoms with Gasteiger partial charge in [0.2, 0.25) is 34.8 Å². The van der Waals surface area contributed by atoms with E-state index in [1.165, 1.54) is 0 Å². The van der Waals surface area contributed by atoms with E-state index in [1.54, 1.807) is 24.3 Å². The Balaban J connectivity index is 0.00000100. The summed E-state index contributed by atoms with van der Waals surface area (Å²) in [5, 5.41) is 0. The first kappa shape index (κ1) is 18.4. The monoisotopic (exact) mass is 366 g/mol. The summed E-state index contributed by atoms with van der Waals surface area (Å²) in [7, 11) is -2.34. The summed E-state index contributed by atoms with van der Waals surface area (Å²) in [5.74, 6) is -11.7. The number of halogens is 5. The second kappa shape index (κ2) is 7.77. The number of rotatable bonds is 2. The highest BCUT2D eigenvalue weighted by atomic mass is 31.2. The lowest BCUT2D eigenvalue weighted by Gasteiger charge is -2.24. The van der Waals surface area contributed by atoms with Gasteiger partial charge in [-0.3, -0.25) is 4.52 Å². The second-order valence-electron chi connectivity index (χ2n) is 4.19. The standard InChI is InChI=1S/C13H6F5O3P.C2H6/c14-8-9(15)11(17)13(12(18)10(8)16)21-22-19-5-6-3-1-2-4-7(6)20-22;1-2/h1-4H,5H2;1-2H3. The molecular formula is C15H12F5O3P. The third kappa shape index (κ3) is 3.44. The Morgan fingerprint density at radius 2 is 1.42 bits per heavy atom. The summed E-state index contributed by atoms with van der Waals surface area (Å²) in [6.07, 6.45) is 0. The normalized spacial score (nSPS) is 15.7. The Morgan fingerprint density at radius 3 is 2.04 bits per heavy atom. The van der Waals surface area contributed by atoms with E-state index in [-0.39, 0.29) is 6.61 Å². The van der Waals surface area contributed by atoms with Crippen molar-refractivity contribution in [3.05, 3.63) is 58.9 Å². The number of hydrogen-bond donors (Lipinski definition) is 0. The largest absolute Gasteiger partial charge is 0.463 e. The van der Waals surface area contributed by atoms with Crippen LogP contribution in [0.25, 0.3) is 0 Å². The van der Waals surface area contributed by atoms with E-state index in [1.807, 2.05) is 13.8 Å². The SMILES string of the molecule is CC.Fc1c(F)c(F)c(OP2OCc3ccccc3O2)c(F)c1F. The van der Waals surface area contributed by atoms with Gasteiger partial charge in [-0.25, -0.2) is 13.2 Å². The molecule has 2 aromatic rings. The zero-order chi connectivity index (χ0) is 17.9. The molecule has 0 aromatic heterocycles. The van der Waals surface area contributed by atoms with Crippen LogP contribution in [0.2, 0.25) is 0 Å². The molecule has 0 saturated carbocycles. The van der Waals surface area contributed by atoms with E-state index >= 15 is 0 Å². The second-order valence-corrected chi connectivity index (χ2v) is 5.26. The maximum Gasteiger partial charge on any atom is 0.463 e. The van der Waals surface area contributed by atoms with Crippen molar-refractivity contribution in [1.82, 2.24) is 0 Å². The topological polar surface area (TPSA) is 27.7 Å². The van der Waals surface area contributed by atoms with Crippen molar-refractivity contribution in [2.24, 2.45) is 0 Å². The van der Waals surface area contributed by atoms with E-state index in [0.717, 1.165) is 0 Å². The molecule has 1 atom stereocenters. The number of hydrogen-bond acceptors (Lipinski definition) is 3. The van der Waals surface area contributed by atoms with Crippen LogP contribution in [0.3, 0.4) is 0 Å². The first-order chi connectivity index (χ1) is 11.5. The van der Waals surface area contributed by atoms with Crippen molar-refractivity contribution in [1.29, 1.82) is 0 Å². The molecule has 0 saturated heterocycles. The van der Waals surface area contributed by atoms with Crippen LogP contribution in [0.1, 0.15) is 19.4 Å². The molecule has 2 aromatic carbocycles. The molecule has 9 heteroatoms. The fourth-order valence-corrected chi connectivity index (χ4v) is 2.76. The van der Waals surface area contributed by atoms with Crippen LogP contribution in [0, 0.1) is 29.1 Å². The Hall–Kier alpha value is -1.92. The van der Waals surface area contributed by atoms with Gasteiger partial charge in [-0.1, -0.05) is 32.0 Å². The predicted molar refractivity (Wildman–Crippen MR) is 77.0 cm³/mol. The van der Waals surface area contributed by atoms with E-state index < -0.39 is 43.4 Å². The minimum absolute atomic E-state index is 0.0251. The molecule has 1 aliphatic heterocycles. The average molecular weight is 366 g/mol. The van der Waals surface area contributed by atoms with E-state index in [9.17, 15) is 22.0 Å². The molecule has 130 valence electrons. The van der Waals surface area contributed by atoms with Crippen LogP contribution >= 0.6 is 8.60 Å². The maximum atomic E-state index is 13.5. The summed E-state index contributed by atoms with van der Waals surface area (Å²) >= 11 is 0. The molecule has 3 nitrogen and oxygen atoms in total. The fraction of sp³-hybridized carbons (Fsp3) is 0.200. The molecule has 0 spiro atoms. The van der Waals surface area contributed by atoms with Gasteiger partial charge in [0.15, 0.2) is 0 Å². The maximum absolute atomic E-state index is 13.5. The van der Waals surface area contributed by atoms with Crippen molar-refractivity contribution in [2.45, 2.75) is 20.5 Å². The Morgan fingerprint density at radius 1 is 0.875 bits per heavy atom. The van der Waals surface area contributed by atoms with Crippen LogP contribution in [-0.4, -0.2) is 0 Å². The Kier molecular flexibility index (Phi) is 5.96. The lowest BCUT2D eigenvalue weighted by atomic mass is 10.2. The highest BCUT2D eigenvalue weighted by Gasteiger charge is 2.32. The third-order valence-corrected chi connectivity index (χ3v) is 3.82. The number of benzene rings is 2. The molecule has 0 amide bonds. The molecular weight excluding hydrogens is 354 g/mol. The molecule has 1 aliphatic rings. The van der Waals surface area contributed by atoms with E-state index in [2.05, 4.69) is 0 Å². The van der Waals surface area contributed by atoms with Gasteiger partial charge in [-0.15, -0.1) is 0 Å². The van der Waals surface area contributed by atoms with Crippen LogP contribution in [0.5, 0.6) is 11.5 Å². The van der Waals surface area contributed by atoms with Gasteiger partial charge in [0.05, 0.1) is 6.61 Å². The molecule has 3 rings (SSSR count). The van der Waals surface area contributed by atoms with Crippen LogP contribution in [0.15, 0.2) is 24.3 Å². The van der Waals surface area contributed by atoms with Gasteiger partial charge in [0, 0.05) is 5.56 Å². The Labute approximate surface area is 136 Å². The molecule has 0 fully saturated rings. The molecule has 1 heterocycles. The van der Waals surface area contributed by atoms with Crippen molar-refractivity contribution in [2.75, 3.05) is 0 Å². The molecule has 0 aliphatic carbocycles. The predicted octanol–water partition coefficient (Wildman–Crippen LogP) is 5.62. The van der Waals surface area contributed by atoms with Gasteiger partial charge in [-0.05, 0) is 6.07 Å². The summed E-state index contributed by atoms with van der Waals surface area (Å²) in [4.78, 5) is 0. The van der Waals surface area contributed by atoms with Gasteiger partial charge < -0.3 is 9.05 Å². The number of fused-ring (bicyclic) bond motifs is 1. The van der Waals surface area contributed by atoms with Gasteiger partial charge >= 0.3 is 8.60 Å². The zero-order valence-corrected chi connectivity index (χ0v) is 13.5. The summed E-state index contributed by atoms with van der Waals surface area (Å²) in [6, 6.07) is 6.63. The smallest absolute Gasteiger partial charge is 0.417 e. The third-order valence-electron chi connectivity index (χ3n) is 2.81. The molecule has 0 radical (unpaired) electrons. The minimum atomic E-state index is -2.34.